The summed E-state index contributed by atoms with van der Waals surface area (Å²) in [5.74, 6) is 1.35. The van der Waals surface area contributed by atoms with Crippen molar-refractivity contribution in [3.63, 3.8) is 0 Å². The lowest BCUT2D eigenvalue weighted by molar-refractivity contribution is 0.298. The Bertz CT molecular complexity index is 397. The summed E-state index contributed by atoms with van der Waals surface area (Å²) in [5.41, 5.74) is 1.03. The van der Waals surface area contributed by atoms with Gasteiger partial charge in [-0.2, -0.15) is 0 Å². The first-order valence-corrected chi connectivity index (χ1v) is 6.47. The van der Waals surface area contributed by atoms with Crippen molar-refractivity contribution in [2.24, 2.45) is 5.92 Å². The van der Waals surface area contributed by atoms with E-state index in [1.807, 2.05) is 0 Å². The summed E-state index contributed by atoms with van der Waals surface area (Å²) in [7, 11) is 0. The topological polar surface area (TPSA) is 21.3 Å². The largest absolute Gasteiger partial charge is 0.490 e. The molecule has 1 N–H and O–H groups in total. The second-order valence-corrected chi connectivity index (χ2v) is 5.13. The summed E-state index contributed by atoms with van der Waals surface area (Å²) in [6, 6.07) is 4.91. The number of hydrogen-bond donors (Lipinski definition) is 1. The van der Waals surface area contributed by atoms with Crippen molar-refractivity contribution >= 4 is 0 Å². The number of ether oxygens (including phenoxy) is 1. The van der Waals surface area contributed by atoms with Crippen LogP contribution in [0.5, 0.6) is 5.75 Å². The van der Waals surface area contributed by atoms with Crippen LogP contribution in [0.3, 0.4) is 0 Å². The highest BCUT2D eigenvalue weighted by atomic mass is 19.1. The molecule has 1 aromatic rings. The molecule has 3 heteroatoms. The van der Waals surface area contributed by atoms with Crippen LogP contribution in [0.4, 0.5) is 4.39 Å². The molecule has 0 amide bonds. The molecule has 0 radical (unpaired) electrons. The Morgan fingerprint density at radius 1 is 1.29 bits per heavy atom. The van der Waals surface area contributed by atoms with Crippen molar-refractivity contribution in [2.75, 3.05) is 13.1 Å². The van der Waals surface area contributed by atoms with E-state index in [0.29, 0.717) is 12.0 Å². The first-order chi connectivity index (χ1) is 8.31. The monoisotopic (exact) mass is 235 g/mol. The summed E-state index contributed by atoms with van der Waals surface area (Å²) >= 11 is 0. The Labute approximate surface area is 101 Å². The van der Waals surface area contributed by atoms with Gasteiger partial charge < -0.3 is 10.1 Å². The van der Waals surface area contributed by atoms with Gasteiger partial charge in [-0.05, 0) is 68.5 Å². The predicted octanol–water partition coefficient (Wildman–Crippen LogP) is 2.52. The van der Waals surface area contributed by atoms with Gasteiger partial charge in [0.2, 0.25) is 0 Å². The SMILES string of the molecule is Fc1ccc(OC2CC2)c(CC2CCNC2)c1. The van der Waals surface area contributed by atoms with Crippen molar-refractivity contribution in [1.82, 2.24) is 5.32 Å². The van der Waals surface area contributed by atoms with Gasteiger partial charge in [-0.3, -0.25) is 0 Å². The van der Waals surface area contributed by atoms with Gasteiger partial charge in [-0.1, -0.05) is 0 Å². The molecule has 2 fully saturated rings. The summed E-state index contributed by atoms with van der Waals surface area (Å²) in [5, 5.41) is 3.35. The molecule has 0 aromatic heterocycles. The lowest BCUT2D eigenvalue weighted by atomic mass is 9.98. The average Bonchev–Trinajstić information content (AvgIpc) is 2.98. The standard InChI is InChI=1S/C14H18FNO/c15-12-1-4-14(17-13-2-3-13)11(8-12)7-10-5-6-16-9-10/h1,4,8,10,13,16H,2-3,5-7,9H2. The Balaban J connectivity index is 1.76. The van der Waals surface area contributed by atoms with Crippen LogP contribution < -0.4 is 10.1 Å². The van der Waals surface area contributed by atoms with Gasteiger partial charge in [0.25, 0.3) is 0 Å². The van der Waals surface area contributed by atoms with Gasteiger partial charge in [0.15, 0.2) is 0 Å². The molecule has 0 spiro atoms. The minimum atomic E-state index is -0.158. The van der Waals surface area contributed by atoms with Crippen molar-refractivity contribution in [3.8, 4) is 5.75 Å². The van der Waals surface area contributed by atoms with Gasteiger partial charge in [0.05, 0.1) is 6.10 Å². The Hall–Kier alpha value is -1.09. The maximum Gasteiger partial charge on any atom is 0.123 e. The van der Waals surface area contributed by atoms with E-state index in [0.717, 1.165) is 43.7 Å². The fourth-order valence-corrected chi connectivity index (χ4v) is 2.39. The molecule has 1 unspecified atom stereocenters. The molecule has 1 aliphatic heterocycles. The van der Waals surface area contributed by atoms with Gasteiger partial charge in [-0.15, -0.1) is 0 Å². The minimum Gasteiger partial charge on any atom is -0.490 e. The van der Waals surface area contributed by atoms with Gasteiger partial charge in [0, 0.05) is 0 Å². The highest BCUT2D eigenvalue weighted by molar-refractivity contribution is 5.35. The molecule has 2 aliphatic rings. The molecule has 1 atom stereocenters. The number of nitrogens with one attached hydrogen (secondary N) is 1. The summed E-state index contributed by atoms with van der Waals surface area (Å²) in [6.07, 6.45) is 4.76. The summed E-state index contributed by atoms with van der Waals surface area (Å²) in [6.45, 7) is 2.12. The van der Waals surface area contributed by atoms with Crippen LogP contribution in [-0.2, 0) is 6.42 Å². The van der Waals surface area contributed by atoms with Crippen LogP contribution in [0.1, 0.15) is 24.8 Å². The highest BCUT2D eigenvalue weighted by Crippen LogP contribution is 2.31. The zero-order valence-electron chi connectivity index (χ0n) is 9.92. The van der Waals surface area contributed by atoms with Crippen LogP contribution in [-0.4, -0.2) is 19.2 Å². The molecule has 1 aromatic carbocycles. The van der Waals surface area contributed by atoms with Crippen molar-refractivity contribution in [2.45, 2.75) is 31.8 Å². The fourth-order valence-electron chi connectivity index (χ4n) is 2.39. The molecule has 3 rings (SSSR count). The molecular weight excluding hydrogens is 217 g/mol. The third-order valence-corrected chi connectivity index (χ3v) is 3.51. The average molecular weight is 235 g/mol. The smallest absolute Gasteiger partial charge is 0.123 e. The lowest BCUT2D eigenvalue weighted by Gasteiger charge is -2.14. The Kier molecular flexibility index (Phi) is 3.02. The van der Waals surface area contributed by atoms with E-state index in [1.54, 1.807) is 12.1 Å². The van der Waals surface area contributed by atoms with E-state index in [2.05, 4.69) is 5.32 Å². The van der Waals surface area contributed by atoms with Crippen LogP contribution in [0, 0.1) is 11.7 Å². The molecular formula is C14H18FNO. The maximum atomic E-state index is 13.3. The fraction of sp³-hybridized carbons (Fsp3) is 0.571. The first kappa shape index (κ1) is 11.0. The van der Waals surface area contributed by atoms with E-state index < -0.39 is 0 Å². The zero-order chi connectivity index (χ0) is 11.7. The van der Waals surface area contributed by atoms with Crippen molar-refractivity contribution < 1.29 is 9.13 Å². The van der Waals surface area contributed by atoms with E-state index in [9.17, 15) is 4.39 Å². The van der Waals surface area contributed by atoms with E-state index in [4.69, 9.17) is 4.74 Å². The molecule has 1 saturated carbocycles. The quantitative estimate of drug-likeness (QED) is 0.866. The lowest BCUT2D eigenvalue weighted by Crippen LogP contribution is -2.11. The molecule has 1 heterocycles. The third-order valence-electron chi connectivity index (χ3n) is 3.51. The Morgan fingerprint density at radius 3 is 2.88 bits per heavy atom. The summed E-state index contributed by atoms with van der Waals surface area (Å²) in [4.78, 5) is 0. The zero-order valence-corrected chi connectivity index (χ0v) is 9.92. The van der Waals surface area contributed by atoms with Crippen LogP contribution in [0.25, 0.3) is 0 Å². The third kappa shape index (κ3) is 2.78. The van der Waals surface area contributed by atoms with E-state index in [-0.39, 0.29) is 5.82 Å². The number of hydrogen-bond acceptors (Lipinski definition) is 2. The van der Waals surface area contributed by atoms with E-state index >= 15 is 0 Å². The predicted molar refractivity (Wildman–Crippen MR) is 64.7 cm³/mol. The van der Waals surface area contributed by atoms with Crippen molar-refractivity contribution in [3.05, 3.63) is 29.6 Å². The molecule has 0 bridgehead atoms. The Morgan fingerprint density at radius 2 is 2.18 bits per heavy atom. The number of halogens is 1. The molecule has 17 heavy (non-hydrogen) atoms. The van der Waals surface area contributed by atoms with Gasteiger partial charge >= 0.3 is 0 Å². The van der Waals surface area contributed by atoms with Gasteiger partial charge in [0.1, 0.15) is 11.6 Å². The van der Waals surface area contributed by atoms with Crippen LogP contribution in [0.15, 0.2) is 18.2 Å². The summed E-state index contributed by atoms with van der Waals surface area (Å²) < 4.78 is 19.1. The number of benzene rings is 1. The second kappa shape index (κ2) is 4.65. The van der Waals surface area contributed by atoms with E-state index in [1.165, 1.54) is 12.5 Å². The number of rotatable bonds is 4. The van der Waals surface area contributed by atoms with Crippen molar-refractivity contribution in [1.29, 1.82) is 0 Å². The highest BCUT2D eigenvalue weighted by Gasteiger charge is 2.25. The van der Waals surface area contributed by atoms with Gasteiger partial charge in [-0.25, -0.2) is 4.39 Å². The molecule has 1 saturated heterocycles. The molecule has 2 nitrogen and oxygen atoms in total. The van der Waals surface area contributed by atoms with Crippen LogP contribution in [0.2, 0.25) is 0 Å². The molecule has 1 aliphatic carbocycles. The maximum absolute atomic E-state index is 13.3. The first-order valence-electron chi connectivity index (χ1n) is 6.47. The normalized spacial score (nSPS) is 23.9. The minimum absolute atomic E-state index is 0.158. The van der Waals surface area contributed by atoms with Crippen LogP contribution >= 0.6 is 0 Å². The molecule has 92 valence electrons. The second-order valence-electron chi connectivity index (χ2n) is 5.13.